The van der Waals surface area contributed by atoms with Crippen LogP contribution in [0.1, 0.15) is 24.9 Å². The van der Waals surface area contributed by atoms with Crippen LogP contribution in [0.4, 0.5) is 5.69 Å². The molecule has 1 aliphatic rings. The van der Waals surface area contributed by atoms with Crippen LogP contribution in [0.5, 0.6) is 0 Å². The number of ether oxygens (including phenoxy) is 1. The molecule has 0 aromatic heterocycles. The fourth-order valence-corrected chi connectivity index (χ4v) is 3.07. The molecule has 0 amide bonds. The van der Waals surface area contributed by atoms with Crippen molar-refractivity contribution in [2.24, 2.45) is 5.73 Å². The summed E-state index contributed by atoms with van der Waals surface area (Å²) in [6.45, 7) is 4.74. The van der Waals surface area contributed by atoms with E-state index in [1.807, 2.05) is 6.92 Å². The Kier molecular flexibility index (Phi) is 5.02. The zero-order valence-corrected chi connectivity index (χ0v) is 13.1. The minimum atomic E-state index is 0.0537. The number of methoxy groups -OCH3 is 1. The van der Waals surface area contributed by atoms with Crippen LogP contribution in [0.2, 0.25) is 0 Å². The van der Waals surface area contributed by atoms with Crippen LogP contribution in [-0.4, -0.2) is 26.8 Å². The number of benzene rings is 1. The third kappa shape index (κ3) is 3.59. The second-order valence-electron chi connectivity index (χ2n) is 4.99. The van der Waals surface area contributed by atoms with E-state index in [1.165, 1.54) is 11.3 Å². The molecular formula is C15H21BrN2O. The van der Waals surface area contributed by atoms with Gasteiger partial charge in [-0.25, -0.2) is 0 Å². The van der Waals surface area contributed by atoms with E-state index in [1.54, 1.807) is 7.11 Å². The maximum Gasteiger partial charge on any atom is 0.0674 e. The van der Waals surface area contributed by atoms with Crippen molar-refractivity contribution in [1.82, 2.24) is 0 Å². The van der Waals surface area contributed by atoms with Crippen LogP contribution in [0.15, 0.2) is 34.3 Å². The third-order valence-electron chi connectivity index (χ3n) is 3.47. The van der Waals surface area contributed by atoms with Gasteiger partial charge >= 0.3 is 0 Å². The Morgan fingerprint density at radius 2 is 2.26 bits per heavy atom. The van der Waals surface area contributed by atoms with Crippen molar-refractivity contribution in [3.05, 3.63) is 39.9 Å². The molecule has 0 saturated heterocycles. The van der Waals surface area contributed by atoms with Gasteiger partial charge in [-0.05, 0) is 36.6 Å². The predicted molar refractivity (Wildman–Crippen MR) is 83.5 cm³/mol. The molecule has 2 N–H and O–H groups in total. The van der Waals surface area contributed by atoms with Crippen molar-refractivity contribution in [3.63, 3.8) is 0 Å². The summed E-state index contributed by atoms with van der Waals surface area (Å²) in [6, 6.07) is 6.48. The maximum absolute atomic E-state index is 5.93. The van der Waals surface area contributed by atoms with Gasteiger partial charge in [0.15, 0.2) is 0 Å². The molecular weight excluding hydrogens is 304 g/mol. The lowest BCUT2D eigenvalue weighted by Crippen LogP contribution is -2.29. The quantitative estimate of drug-likeness (QED) is 0.864. The molecule has 1 heterocycles. The Labute approximate surface area is 123 Å². The van der Waals surface area contributed by atoms with Gasteiger partial charge in [0.2, 0.25) is 0 Å². The SMILES string of the molecule is COCC1=CCN(c2ccc([C@H](C)N)c(Br)c2)CC1. The molecule has 1 aromatic rings. The summed E-state index contributed by atoms with van der Waals surface area (Å²) in [5, 5.41) is 0. The van der Waals surface area contributed by atoms with Gasteiger partial charge < -0.3 is 15.4 Å². The van der Waals surface area contributed by atoms with Crippen molar-refractivity contribution in [1.29, 1.82) is 0 Å². The van der Waals surface area contributed by atoms with Gasteiger partial charge in [0, 0.05) is 36.4 Å². The van der Waals surface area contributed by atoms with E-state index < -0.39 is 0 Å². The first-order valence-electron chi connectivity index (χ1n) is 6.58. The molecule has 0 spiro atoms. The molecule has 2 rings (SSSR count). The normalized spacial score (nSPS) is 17.3. The van der Waals surface area contributed by atoms with Gasteiger partial charge in [-0.3, -0.25) is 0 Å². The van der Waals surface area contributed by atoms with Crippen molar-refractivity contribution in [3.8, 4) is 0 Å². The van der Waals surface area contributed by atoms with Crippen molar-refractivity contribution in [2.75, 3.05) is 31.7 Å². The average molecular weight is 325 g/mol. The van der Waals surface area contributed by atoms with Gasteiger partial charge in [-0.1, -0.05) is 28.1 Å². The summed E-state index contributed by atoms with van der Waals surface area (Å²) in [4.78, 5) is 2.37. The van der Waals surface area contributed by atoms with Crippen molar-refractivity contribution < 1.29 is 4.74 Å². The average Bonchev–Trinajstić information content (AvgIpc) is 2.39. The van der Waals surface area contributed by atoms with Gasteiger partial charge in [-0.2, -0.15) is 0 Å². The number of rotatable bonds is 4. The molecule has 0 bridgehead atoms. The van der Waals surface area contributed by atoms with E-state index in [2.05, 4.69) is 45.1 Å². The molecule has 3 nitrogen and oxygen atoms in total. The topological polar surface area (TPSA) is 38.5 Å². The van der Waals surface area contributed by atoms with Crippen LogP contribution < -0.4 is 10.6 Å². The summed E-state index contributed by atoms with van der Waals surface area (Å²) in [5.41, 5.74) is 9.71. The molecule has 19 heavy (non-hydrogen) atoms. The molecule has 0 radical (unpaired) electrons. The minimum Gasteiger partial charge on any atom is -0.380 e. The number of hydrogen-bond donors (Lipinski definition) is 1. The van der Waals surface area contributed by atoms with E-state index in [4.69, 9.17) is 10.5 Å². The van der Waals surface area contributed by atoms with Gasteiger partial charge in [-0.15, -0.1) is 0 Å². The molecule has 1 atom stereocenters. The number of halogens is 1. The highest BCUT2D eigenvalue weighted by Crippen LogP contribution is 2.28. The first-order valence-corrected chi connectivity index (χ1v) is 7.38. The fraction of sp³-hybridized carbons (Fsp3) is 0.467. The summed E-state index contributed by atoms with van der Waals surface area (Å²) in [7, 11) is 1.75. The molecule has 1 aromatic carbocycles. The Balaban J connectivity index is 2.10. The van der Waals surface area contributed by atoms with Crippen LogP contribution >= 0.6 is 15.9 Å². The number of hydrogen-bond acceptors (Lipinski definition) is 3. The lowest BCUT2D eigenvalue weighted by Gasteiger charge is -2.29. The highest BCUT2D eigenvalue weighted by atomic mass is 79.9. The molecule has 0 unspecified atom stereocenters. The Bertz CT molecular complexity index is 471. The summed E-state index contributed by atoms with van der Waals surface area (Å²) in [5.74, 6) is 0. The highest BCUT2D eigenvalue weighted by Gasteiger charge is 2.14. The molecule has 0 aliphatic carbocycles. The highest BCUT2D eigenvalue weighted by molar-refractivity contribution is 9.10. The van der Waals surface area contributed by atoms with E-state index in [9.17, 15) is 0 Å². The van der Waals surface area contributed by atoms with Gasteiger partial charge in [0.05, 0.1) is 6.61 Å². The van der Waals surface area contributed by atoms with Crippen LogP contribution in [0, 0.1) is 0 Å². The first-order chi connectivity index (χ1) is 9.11. The second kappa shape index (κ2) is 6.55. The van der Waals surface area contributed by atoms with E-state index >= 15 is 0 Å². The van der Waals surface area contributed by atoms with Crippen molar-refractivity contribution >= 4 is 21.6 Å². The Morgan fingerprint density at radius 1 is 1.47 bits per heavy atom. The minimum absolute atomic E-state index is 0.0537. The summed E-state index contributed by atoms with van der Waals surface area (Å²) >= 11 is 3.61. The van der Waals surface area contributed by atoms with Crippen LogP contribution in [0.25, 0.3) is 0 Å². The standard InChI is InChI=1S/C15H21BrN2O/c1-11(17)14-4-3-13(9-15(14)16)18-7-5-12(6-8-18)10-19-2/h3-5,9,11H,6-8,10,17H2,1-2H3/t11-/m0/s1. The summed E-state index contributed by atoms with van der Waals surface area (Å²) in [6.07, 6.45) is 3.33. The Morgan fingerprint density at radius 3 is 2.79 bits per heavy atom. The zero-order chi connectivity index (χ0) is 13.8. The Hall–Kier alpha value is -0.840. The van der Waals surface area contributed by atoms with Crippen LogP contribution in [0.3, 0.4) is 0 Å². The van der Waals surface area contributed by atoms with Crippen LogP contribution in [-0.2, 0) is 4.74 Å². The molecule has 0 fully saturated rings. The fourth-order valence-electron chi connectivity index (χ4n) is 2.34. The van der Waals surface area contributed by atoms with Crippen molar-refractivity contribution in [2.45, 2.75) is 19.4 Å². The van der Waals surface area contributed by atoms with E-state index in [-0.39, 0.29) is 6.04 Å². The first kappa shape index (κ1) is 14.6. The van der Waals surface area contributed by atoms with E-state index in [0.717, 1.165) is 36.2 Å². The predicted octanol–water partition coefficient (Wildman–Crippen LogP) is 3.25. The summed E-state index contributed by atoms with van der Waals surface area (Å²) < 4.78 is 6.26. The lowest BCUT2D eigenvalue weighted by molar-refractivity contribution is 0.222. The third-order valence-corrected chi connectivity index (χ3v) is 4.16. The number of nitrogens with two attached hydrogens (primary N) is 1. The molecule has 4 heteroatoms. The smallest absolute Gasteiger partial charge is 0.0674 e. The molecule has 1 aliphatic heterocycles. The number of nitrogens with zero attached hydrogens (tertiary/aromatic N) is 1. The molecule has 104 valence electrons. The maximum atomic E-state index is 5.93. The molecule has 0 saturated carbocycles. The monoisotopic (exact) mass is 324 g/mol. The van der Waals surface area contributed by atoms with Gasteiger partial charge in [0.1, 0.15) is 0 Å². The van der Waals surface area contributed by atoms with E-state index in [0.29, 0.717) is 0 Å². The largest absolute Gasteiger partial charge is 0.380 e. The van der Waals surface area contributed by atoms with Gasteiger partial charge in [0.25, 0.3) is 0 Å². The zero-order valence-electron chi connectivity index (χ0n) is 11.5. The number of anilines is 1. The second-order valence-corrected chi connectivity index (χ2v) is 5.84. The lowest BCUT2D eigenvalue weighted by atomic mass is 10.1.